The SMILES string of the molecule is Nc1c(Cl)ccc(S(=O)(=O)Nc2ccc(F)cc2I)c1Cl. The summed E-state index contributed by atoms with van der Waals surface area (Å²) in [6.45, 7) is 0. The third kappa shape index (κ3) is 3.53. The topological polar surface area (TPSA) is 72.2 Å². The van der Waals surface area contributed by atoms with Crippen LogP contribution in [0.4, 0.5) is 15.8 Å². The van der Waals surface area contributed by atoms with Gasteiger partial charge in [-0.1, -0.05) is 23.2 Å². The molecule has 0 aliphatic rings. The van der Waals surface area contributed by atoms with Gasteiger partial charge in [-0.3, -0.25) is 4.72 Å². The number of nitrogens with two attached hydrogens (primary N) is 1. The summed E-state index contributed by atoms with van der Waals surface area (Å²) in [7, 11) is -3.97. The predicted molar refractivity (Wildman–Crippen MR) is 90.8 cm³/mol. The van der Waals surface area contributed by atoms with Crippen LogP contribution in [0.5, 0.6) is 0 Å². The highest BCUT2D eigenvalue weighted by Gasteiger charge is 2.21. The summed E-state index contributed by atoms with van der Waals surface area (Å²) in [5, 5.41) is 0.00225. The summed E-state index contributed by atoms with van der Waals surface area (Å²) in [5.41, 5.74) is 5.83. The fraction of sp³-hybridized carbons (Fsp3) is 0. The van der Waals surface area contributed by atoms with Crippen LogP contribution in [0.15, 0.2) is 35.2 Å². The zero-order valence-corrected chi connectivity index (χ0v) is 14.7. The molecule has 0 spiro atoms. The summed E-state index contributed by atoms with van der Waals surface area (Å²) in [6, 6.07) is 6.27. The Kier molecular flexibility index (Phi) is 4.86. The second-order valence-electron chi connectivity index (χ2n) is 4.00. The third-order valence-electron chi connectivity index (χ3n) is 2.56. The average Bonchev–Trinajstić information content (AvgIpc) is 2.39. The fourth-order valence-corrected chi connectivity index (χ4v) is 4.17. The second-order valence-corrected chi connectivity index (χ2v) is 7.60. The number of sulfonamides is 1. The number of nitrogen functional groups attached to an aromatic ring is 1. The molecule has 0 fully saturated rings. The summed E-state index contributed by atoms with van der Waals surface area (Å²) in [5.74, 6) is -0.462. The summed E-state index contributed by atoms with van der Waals surface area (Å²) >= 11 is 13.5. The van der Waals surface area contributed by atoms with Crippen molar-refractivity contribution in [2.75, 3.05) is 10.5 Å². The van der Waals surface area contributed by atoms with Crippen LogP contribution in [-0.4, -0.2) is 8.42 Å². The first-order valence-corrected chi connectivity index (χ1v) is 8.75. The first-order valence-electron chi connectivity index (χ1n) is 5.43. The number of halogens is 4. The zero-order chi connectivity index (χ0) is 15.8. The summed E-state index contributed by atoms with van der Waals surface area (Å²) < 4.78 is 40.4. The van der Waals surface area contributed by atoms with Crippen LogP contribution in [-0.2, 0) is 10.0 Å². The lowest BCUT2D eigenvalue weighted by atomic mass is 10.3. The van der Waals surface area contributed by atoms with Gasteiger partial charge in [0.1, 0.15) is 10.7 Å². The van der Waals surface area contributed by atoms with Crippen LogP contribution in [0.1, 0.15) is 0 Å². The number of hydrogen-bond acceptors (Lipinski definition) is 3. The molecule has 0 radical (unpaired) electrons. The van der Waals surface area contributed by atoms with E-state index in [9.17, 15) is 12.8 Å². The van der Waals surface area contributed by atoms with E-state index in [1.54, 1.807) is 0 Å². The van der Waals surface area contributed by atoms with Gasteiger partial charge in [-0.2, -0.15) is 0 Å². The molecule has 0 atom stereocenters. The van der Waals surface area contributed by atoms with Gasteiger partial charge in [0, 0.05) is 3.57 Å². The Morgan fingerprint density at radius 2 is 1.86 bits per heavy atom. The minimum atomic E-state index is -3.97. The van der Waals surface area contributed by atoms with E-state index >= 15 is 0 Å². The molecule has 9 heteroatoms. The van der Waals surface area contributed by atoms with Gasteiger partial charge < -0.3 is 5.73 Å². The lowest BCUT2D eigenvalue weighted by Gasteiger charge is -2.12. The van der Waals surface area contributed by atoms with Gasteiger partial charge in [-0.25, -0.2) is 12.8 Å². The Hall–Kier alpha value is -0.770. The highest BCUT2D eigenvalue weighted by molar-refractivity contribution is 14.1. The monoisotopic (exact) mass is 460 g/mol. The van der Waals surface area contributed by atoms with E-state index in [-0.39, 0.29) is 26.3 Å². The van der Waals surface area contributed by atoms with E-state index in [0.29, 0.717) is 3.57 Å². The Morgan fingerprint density at radius 3 is 2.48 bits per heavy atom. The van der Waals surface area contributed by atoms with Gasteiger partial charge in [0.2, 0.25) is 0 Å². The van der Waals surface area contributed by atoms with Crippen molar-refractivity contribution in [1.82, 2.24) is 0 Å². The van der Waals surface area contributed by atoms with Crippen LogP contribution < -0.4 is 10.5 Å². The third-order valence-corrected chi connectivity index (χ3v) is 5.71. The lowest BCUT2D eigenvalue weighted by molar-refractivity contribution is 0.601. The molecule has 0 aliphatic heterocycles. The molecule has 21 heavy (non-hydrogen) atoms. The van der Waals surface area contributed by atoms with E-state index in [1.165, 1.54) is 24.3 Å². The molecule has 0 aliphatic carbocycles. The molecule has 2 rings (SSSR count). The highest BCUT2D eigenvalue weighted by atomic mass is 127. The maximum absolute atomic E-state index is 13.0. The molecule has 3 N–H and O–H groups in total. The van der Waals surface area contributed by atoms with Crippen molar-refractivity contribution < 1.29 is 12.8 Å². The van der Waals surface area contributed by atoms with Gasteiger partial charge >= 0.3 is 0 Å². The van der Waals surface area contributed by atoms with Crippen molar-refractivity contribution >= 4 is 67.2 Å². The van der Waals surface area contributed by atoms with E-state index < -0.39 is 15.8 Å². The van der Waals surface area contributed by atoms with Crippen LogP contribution >= 0.6 is 45.8 Å². The zero-order valence-electron chi connectivity index (χ0n) is 10.2. The Labute approximate surface area is 144 Å². The largest absolute Gasteiger partial charge is 0.396 e. The molecular weight excluding hydrogens is 453 g/mol. The van der Waals surface area contributed by atoms with Crippen molar-refractivity contribution in [2.24, 2.45) is 0 Å². The summed E-state index contributed by atoms with van der Waals surface area (Å²) in [4.78, 5) is -0.203. The van der Waals surface area contributed by atoms with Gasteiger partial charge in [0.15, 0.2) is 0 Å². The second kappa shape index (κ2) is 6.15. The lowest BCUT2D eigenvalue weighted by Crippen LogP contribution is -2.15. The molecule has 0 saturated heterocycles. The molecule has 0 heterocycles. The van der Waals surface area contributed by atoms with Crippen molar-refractivity contribution in [2.45, 2.75) is 4.90 Å². The fourth-order valence-electron chi connectivity index (χ4n) is 1.53. The Morgan fingerprint density at radius 1 is 1.19 bits per heavy atom. The quantitative estimate of drug-likeness (QED) is 0.534. The van der Waals surface area contributed by atoms with Gasteiger partial charge in [-0.15, -0.1) is 0 Å². The molecule has 0 amide bonds. The maximum atomic E-state index is 13.0. The predicted octanol–water partition coefficient (Wildman–Crippen LogP) is 4.12. The molecule has 0 saturated carbocycles. The van der Waals surface area contributed by atoms with Crippen LogP contribution in [0, 0.1) is 9.39 Å². The standard InChI is InChI=1S/C12H8Cl2FIN2O2S/c13-7-2-4-10(11(14)12(7)17)21(19,20)18-9-3-1-6(15)5-8(9)16/h1-5,18H,17H2. The molecule has 0 unspecified atom stereocenters. The Bertz CT molecular complexity index is 815. The van der Waals surface area contributed by atoms with E-state index in [2.05, 4.69) is 4.72 Å². The van der Waals surface area contributed by atoms with Gasteiger partial charge in [0.05, 0.1) is 21.4 Å². The first-order chi connectivity index (χ1) is 9.72. The van der Waals surface area contributed by atoms with Crippen molar-refractivity contribution in [3.05, 3.63) is 49.8 Å². The normalized spacial score (nSPS) is 11.4. The van der Waals surface area contributed by atoms with E-state index in [1.807, 2.05) is 22.6 Å². The van der Waals surface area contributed by atoms with Crippen molar-refractivity contribution in [3.63, 3.8) is 0 Å². The molecule has 0 bridgehead atoms. The molecule has 4 nitrogen and oxygen atoms in total. The van der Waals surface area contributed by atoms with Crippen molar-refractivity contribution in [1.29, 1.82) is 0 Å². The highest BCUT2D eigenvalue weighted by Crippen LogP contribution is 2.34. The smallest absolute Gasteiger partial charge is 0.263 e. The van der Waals surface area contributed by atoms with E-state index in [4.69, 9.17) is 28.9 Å². The molecular formula is C12H8Cl2FIN2O2S. The first kappa shape index (κ1) is 16.6. The number of benzene rings is 2. The van der Waals surface area contributed by atoms with Crippen LogP contribution in [0.2, 0.25) is 10.0 Å². The van der Waals surface area contributed by atoms with Gasteiger partial charge in [0.25, 0.3) is 10.0 Å². The molecule has 0 aromatic heterocycles. The number of anilines is 2. The van der Waals surface area contributed by atoms with Crippen LogP contribution in [0.25, 0.3) is 0 Å². The molecule has 2 aromatic rings. The number of rotatable bonds is 3. The minimum absolute atomic E-state index is 0.0185. The average molecular weight is 461 g/mol. The number of nitrogens with one attached hydrogen (secondary N) is 1. The Balaban J connectivity index is 2.46. The van der Waals surface area contributed by atoms with E-state index in [0.717, 1.165) is 6.07 Å². The van der Waals surface area contributed by atoms with Crippen molar-refractivity contribution in [3.8, 4) is 0 Å². The minimum Gasteiger partial charge on any atom is -0.396 e. The maximum Gasteiger partial charge on any atom is 0.263 e. The summed E-state index contributed by atoms with van der Waals surface area (Å²) in [6.07, 6.45) is 0. The van der Waals surface area contributed by atoms with Crippen LogP contribution in [0.3, 0.4) is 0 Å². The number of hydrogen-bond donors (Lipinski definition) is 2. The van der Waals surface area contributed by atoms with Gasteiger partial charge in [-0.05, 0) is 52.9 Å². The molecule has 2 aromatic carbocycles. The molecule has 112 valence electrons.